The third-order valence-electron chi connectivity index (χ3n) is 3.44. The van der Waals surface area contributed by atoms with Crippen LogP contribution in [-0.2, 0) is 6.42 Å². The lowest BCUT2D eigenvalue weighted by atomic mass is 10.1. The molecule has 0 aromatic heterocycles. The van der Waals surface area contributed by atoms with Gasteiger partial charge >= 0.3 is 0 Å². The largest absolute Gasteiger partial charge is 0.311 e. The summed E-state index contributed by atoms with van der Waals surface area (Å²) in [5.74, 6) is -0.436. The van der Waals surface area contributed by atoms with Crippen molar-refractivity contribution in [1.82, 2.24) is 0 Å². The maximum absolute atomic E-state index is 13.2. The van der Waals surface area contributed by atoms with Crippen LogP contribution in [0.3, 0.4) is 0 Å². The van der Waals surface area contributed by atoms with Crippen molar-refractivity contribution in [3.05, 3.63) is 65.0 Å². The predicted octanol–water partition coefficient (Wildman–Crippen LogP) is 3.97. The zero-order valence-corrected chi connectivity index (χ0v) is 12.0. The van der Waals surface area contributed by atoms with E-state index in [1.807, 2.05) is 24.3 Å². The Morgan fingerprint density at radius 3 is 2.35 bits per heavy atom. The van der Waals surface area contributed by atoms with Crippen molar-refractivity contribution in [2.24, 2.45) is 0 Å². The molecule has 0 heterocycles. The molecular weight excluding hydrogens is 253 g/mol. The number of aryl methyl sites for hydroxylation is 2. The van der Waals surface area contributed by atoms with E-state index in [4.69, 9.17) is 0 Å². The topological polar surface area (TPSA) is 20.3 Å². The third-order valence-corrected chi connectivity index (χ3v) is 3.44. The molecule has 0 unspecified atom stereocenters. The first kappa shape index (κ1) is 14.3. The van der Waals surface area contributed by atoms with E-state index in [2.05, 4.69) is 6.92 Å². The van der Waals surface area contributed by atoms with Crippen molar-refractivity contribution in [3.8, 4) is 0 Å². The van der Waals surface area contributed by atoms with E-state index in [1.165, 1.54) is 17.7 Å². The number of amides is 1. The summed E-state index contributed by atoms with van der Waals surface area (Å²) in [7, 11) is 1.72. The molecule has 1 amide bonds. The van der Waals surface area contributed by atoms with Gasteiger partial charge in [0, 0.05) is 18.3 Å². The van der Waals surface area contributed by atoms with Gasteiger partial charge < -0.3 is 4.90 Å². The number of hydrogen-bond acceptors (Lipinski definition) is 1. The molecule has 2 rings (SSSR count). The second-order valence-electron chi connectivity index (χ2n) is 4.85. The van der Waals surface area contributed by atoms with E-state index in [-0.39, 0.29) is 11.7 Å². The maximum Gasteiger partial charge on any atom is 0.258 e. The number of hydrogen-bond donors (Lipinski definition) is 0. The summed E-state index contributed by atoms with van der Waals surface area (Å²) in [5, 5.41) is 0. The highest BCUT2D eigenvalue weighted by molar-refractivity contribution is 6.05. The van der Waals surface area contributed by atoms with Crippen molar-refractivity contribution in [2.45, 2.75) is 20.3 Å². The summed E-state index contributed by atoms with van der Waals surface area (Å²) in [4.78, 5) is 13.9. The zero-order chi connectivity index (χ0) is 14.7. The quantitative estimate of drug-likeness (QED) is 0.827. The number of anilines is 1. The molecule has 20 heavy (non-hydrogen) atoms. The smallest absolute Gasteiger partial charge is 0.258 e. The van der Waals surface area contributed by atoms with Crippen molar-refractivity contribution in [3.63, 3.8) is 0 Å². The van der Waals surface area contributed by atoms with Crippen LogP contribution in [0.25, 0.3) is 0 Å². The molecule has 0 aliphatic carbocycles. The van der Waals surface area contributed by atoms with E-state index in [1.54, 1.807) is 24.9 Å². The Kier molecular flexibility index (Phi) is 4.18. The molecule has 2 aromatic rings. The molecule has 0 saturated heterocycles. The van der Waals surface area contributed by atoms with Gasteiger partial charge in [0.1, 0.15) is 5.82 Å². The molecule has 0 N–H and O–H groups in total. The summed E-state index contributed by atoms with van der Waals surface area (Å²) in [5.41, 5.74) is 3.03. The number of rotatable bonds is 3. The Morgan fingerprint density at radius 1 is 1.15 bits per heavy atom. The second kappa shape index (κ2) is 5.87. The van der Waals surface area contributed by atoms with Gasteiger partial charge in [0.2, 0.25) is 0 Å². The SMILES string of the molecule is CCc1ccc(N(C)C(=O)c2ccc(F)c(C)c2)cc1. The number of carbonyl (C=O) groups is 1. The average molecular weight is 271 g/mol. The molecule has 0 bridgehead atoms. The van der Waals surface area contributed by atoms with E-state index < -0.39 is 0 Å². The highest BCUT2D eigenvalue weighted by atomic mass is 19.1. The van der Waals surface area contributed by atoms with Crippen molar-refractivity contribution in [1.29, 1.82) is 0 Å². The van der Waals surface area contributed by atoms with Gasteiger partial charge in [-0.2, -0.15) is 0 Å². The summed E-state index contributed by atoms with van der Waals surface area (Å²) in [6.07, 6.45) is 0.967. The molecular formula is C17H18FNO. The van der Waals surface area contributed by atoms with Crippen LogP contribution in [0.15, 0.2) is 42.5 Å². The van der Waals surface area contributed by atoms with Crippen LogP contribution >= 0.6 is 0 Å². The second-order valence-corrected chi connectivity index (χ2v) is 4.85. The first-order valence-corrected chi connectivity index (χ1v) is 6.66. The highest BCUT2D eigenvalue weighted by Crippen LogP contribution is 2.18. The van der Waals surface area contributed by atoms with Gasteiger partial charge in [-0.25, -0.2) is 4.39 Å². The van der Waals surface area contributed by atoms with Gasteiger partial charge in [0.05, 0.1) is 0 Å². The fourth-order valence-electron chi connectivity index (χ4n) is 2.04. The first-order chi connectivity index (χ1) is 9.52. The fraction of sp³-hybridized carbons (Fsp3) is 0.235. The molecule has 2 nitrogen and oxygen atoms in total. The van der Waals surface area contributed by atoms with Crippen LogP contribution < -0.4 is 4.90 Å². The van der Waals surface area contributed by atoms with Gasteiger partial charge in [-0.15, -0.1) is 0 Å². The Hall–Kier alpha value is -2.16. The van der Waals surface area contributed by atoms with Gasteiger partial charge in [-0.3, -0.25) is 4.79 Å². The van der Waals surface area contributed by atoms with Gasteiger partial charge in [-0.1, -0.05) is 19.1 Å². The van der Waals surface area contributed by atoms with Gasteiger partial charge in [0.15, 0.2) is 0 Å². The number of benzene rings is 2. The van der Waals surface area contributed by atoms with Crippen LogP contribution in [0.5, 0.6) is 0 Å². The van der Waals surface area contributed by atoms with Crippen LogP contribution in [0.2, 0.25) is 0 Å². The zero-order valence-electron chi connectivity index (χ0n) is 12.0. The van der Waals surface area contributed by atoms with Crippen LogP contribution in [0, 0.1) is 12.7 Å². The lowest BCUT2D eigenvalue weighted by Crippen LogP contribution is -2.26. The van der Waals surface area contributed by atoms with E-state index >= 15 is 0 Å². The molecule has 104 valence electrons. The minimum absolute atomic E-state index is 0.141. The Balaban J connectivity index is 2.24. The van der Waals surface area contributed by atoms with E-state index in [9.17, 15) is 9.18 Å². The minimum Gasteiger partial charge on any atom is -0.311 e. The summed E-state index contributed by atoms with van der Waals surface area (Å²) in [6.45, 7) is 3.74. The average Bonchev–Trinajstić information content (AvgIpc) is 2.48. The monoisotopic (exact) mass is 271 g/mol. The Morgan fingerprint density at radius 2 is 1.80 bits per heavy atom. The van der Waals surface area contributed by atoms with Gasteiger partial charge in [-0.05, 0) is 54.8 Å². The Labute approximate surface area is 118 Å². The van der Waals surface area contributed by atoms with Crippen LogP contribution in [0.1, 0.15) is 28.4 Å². The normalized spacial score (nSPS) is 10.4. The van der Waals surface area contributed by atoms with Crippen LogP contribution in [-0.4, -0.2) is 13.0 Å². The first-order valence-electron chi connectivity index (χ1n) is 6.66. The molecule has 0 fully saturated rings. The molecule has 0 aliphatic rings. The van der Waals surface area contributed by atoms with E-state index in [0.29, 0.717) is 11.1 Å². The summed E-state index contributed by atoms with van der Waals surface area (Å²) < 4.78 is 13.2. The minimum atomic E-state index is -0.295. The predicted molar refractivity (Wildman–Crippen MR) is 79.7 cm³/mol. The summed E-state index contributed by atoms with van der Waals surface area (Å²) >= 11 is 0. The van der Waals surface area contributed by atoms with Gasteiger partial charge in [0.25, 0.3) is 5.91 Å². The van der Waals surface area contributed by atoms with Crippen molar-refractivity contribution < 1.29 is 9.18 Å². The standard InChI is InChI=1S/C17H18FNO/c1-4-13-5-8-15(9-6-13)19(3)17(20)14-7-10-16(18)12(2)11-14/h5-11H,4H2,1-3H3. The lowest BCUT2D eigenvalue weighted by molar-refractivity contribution is 0.0993. The molecule has 2 aromatic carbocycles. The number of nitrogens with zero attached hydrogens (tertiary/aromatic N) is 1. The molecule has 0 radical (unpaired) electrons. The van der Waals surface area contributed by atoms with E-state index in [0.717, 1.165) is 12.1 Å². The number of halogens is 1. The molecule has 0 atom stereocenters. The maximum atomic E-state index is 13.2. The fourth-order valence-corrected chi connectivity index (χ4v) is 2.04. The molecule has 3 heteroatoms. The van der Waals surface area contributed by atoms with Crippen LogP contribution in [0.4, 0.5) is 10.1 Å². The number of carbonyl (C=O) groups excluding carboxylic acids is 1. The Bertz CT molecular complexity index is 619. The van der Waals surface area contributed by atoms with Crippen molar-refractivity contribution >= 4 is 11.6 Å². The highest BCUT2D eigenvalue weighted by Gasteiger charge is 2.14. The lowest BCUT2D eigenvalue weighted by Gasteiger charge is -2.18. The molecule has 0 saturated carbocycles. The van der Waals surface area contributed by atoms with Crippen molar-refractivity contribution in [2.75, 3.05) is 11.9 Å². The summed E-state index contributed by atoms with van der Waals surface area (Å²) in [6, 6.07) is 12.3. The third kappa shape index (κ3) is 2.87. The molecule has 0 spiro atoms. The molecule has 0 aliphatic heterocycles.